The molecule has 22 heavy (non-hydrogen) atoms. The van der Waals surface area contributed by atoms with Gasteiger partial charge in [0.15, 0.2) is 5.96 Å². The number of guanidine groups is 1. The number of ether oxygens (including phenoxy) is 2. The van der Waals surface area contributed by atoms with Gasteiger partial charge in [-0.25, -0.2) is 4.99 Å². The van der Waals surface area contributed by atoms with Crippen LogP contribution in [-0.2, 0) is 11.3 Å². The predicted octanol–water partition coefficient (Wildman–Crippen LogP) is 2.55. The van der Waals surface area contributed by atoms with Crippen molar-refractivity contribution in [1.82, 2.24) is 10.6 Å². The number of halogens is 1. The molecule has 0 bridgehead atoms. The fourth-order valence-corrected chi connectivity index (χ4v) is 1.87. The Morgan fingerprint density at radius 1 is 1.27 bits per heavy atom. The number of aliphatic imine (C=N–C) groups is 1. The zero-order valence-corrected chi connectivity index (χ0v) is 15.6. The lowest BCUT2D eigenvalue weighted by atomic mass is 10.2. The molecule has 2 N–H and O–H groups in total. The fraction of sp³-hybridized carbons (Fsp3) is 0.562. The van der Waals surface area contributed by atoms with Gasteiger partial charge in [0.1, 0.15) is 5.75 Å². The summed E-state index contributed by atoms with van der Waals surface area (Å²) in [6.07, 6.45) is 2.46. The molecule has 2 rings (SSSR count). The molecule has 124 valence electrons. The summed E-state index contributed by atoms with van der Waals surface area (Å²) in [6, 6.07) is 8.66. The highest BCUT2D eigenvalue weighted by atomic mass is 127. The number of nitrogens with zero attached hydrogens (tertiary/aromatic N) is 1. The normalized spacial score (nSPS) is 14.2. The Kier molecular flexibility index (Phi) is 9.22. The summed E-state index contributed by atoms with van der Waals surface area (Å²) in [7, 11) is 1.70. The molecule has 1 aromatic rings. The van der Waals surface area contributed by atoms with Gasteiger partial charge in [-0.1, -0.05) is 12.1 Å². The second kappa shape index (κ2) is 10.7. The van der Waals surface area contributed by atoms with Crippen LogP contribution in [-0.4, -0.2) is 38.9 Å². The highest BCUT2D eigenvalue weighted by Crippen LogP contribution is 2.18. The summed E-state index contributed by atoms with van der Waals surface area (Å²) in [6.45, 7) is 4.77. The lowest BCUT2D eigenvalue weighted by molar-refractivity contribution is 0.203. The number of methoxy groups -OCH3 is 1. The minimum absolute atomic E-state index is 0. The summed E-state index contributed by atoms with van der Waals surface area (Å²) in [5, 5.41) is 6.69. The van der Waals surface area contributed by atoms with E-state index in [4.69, 9.17) is 9.47 Å². The summed E-state index contributed by atoms with van der Waals surface area (Å²) >= 11 is 0. The Bertz CT molecular complexity index is 447. The van der Waals surface area contributed by atoms with Crippen LogP contribution in [0.3, 0.4) is 0 Å². The molecule has 0 saturated heterocycles. The van der Waals surface area contributed by atoms with Gasteiger partial charge in [-0.05, 0) is 37.5 Å². The topological polar surface area (TPSA) is 54.9 Å². The van der Waals surface area contributed by atoms with Gasteiger partial charge in [0.2, 0.25) is 0 Å². The van der Waals surface area contributed by atoms with Crippen molar-refractivity contribution in [3.8, 4) is 5.75 Å². The molecule has 5 nitrogen and oxygen atoms in total. The van der Waals surface area contributed by atoms with Crippen molar-refractivity contribution in [2.24, 2.45) is 4.99 Å². The standard InChI is InChI=1S/C16H25N3O2.HI/c1-3-21-15-8-4-13(5-9-15)12-18-16(17-10-11-20-2)19-14-6-7-14;/h4-5,8-9,14H,3,6-7,10-12H2,1-2H3,(H2,17,18,19);1H. The van der Waals surface area contributed by atoms with E-state index in [2.05, 4.69) is 27.8 Å². The Balaban J connectivity index is 0.00000242. The van der Waals surface area contributed by atoms with Crippen molar-refractivity contribution in [1.29, 1.82) is 0 Å². The van der Waals surface area contributed by atoms with E-state index >= 15 is 0 Å². The van der Waals surface area contributed by atoms with Crippen molar-refractivity contribution in [2.45, 2.75) is 32.4 Å². The second-order valence-corrected chi connectivity index (χ2v) is 5.08. The van der Waals surface area contributed by atoms with E-state index in [1.165, 1.54) is 18.4 Å². The van der Waals surface area contributed by atoms with E-state index in [-0.39, 0.29) is 24.0 Å². The van der Waals surface area contributed by atoms with Gasteiger partial charge >= 0.3 is 0 Å². The maximum Gasteiger partial charge on any atom is 0.191 e. The summed E-state index contributed by atoms with van der Waals surface area (Å²) < 4.78 is 10.5. The fourth-order valence-electron chi connectivity index (χ4n) is 1.87. The van der Waals surface area contributed by atoms with Crippen LogP contribution in [0.4, 0.5) is 0 Å². The highest BCUT2D eigenvalue weighted by molar-refractivity contribution is 14.0. The van der Waals surface area contributed by atoms with E-state index < -0.39 is 0 Å². The third-order valence-corrected chi connectivity index (χ3v) is 3.17. The molecule has 0 heterocycles. The Labute approximate surface area is 149 Å². The van der Waals surface area contributed by atoms with Crippen LogP contribution in [0.5, 0.6) is 5.75 Å². The molecule has 0 radical (unpaired) electrons. The Morgan fingerprint density at radius 2 is 2.00 bits per heavy atom. The van der Waals surface area contributed by atoms with Gasteiger partial charge in [-0.3, -0.25) is 0 Å². The maximum atomic E-state index is 5.44. The largest absolute Gasteiger partial charge is 0.494 e. The second-order valence-electron chi connectivity index (χ2n) is 5.08. The molecule has 1 aliphatic carbocycles. The van der Waals surface area contributed by atoms with Gasteiger partial charge in [0.05, 0.1) is 19.8 Å². The molecule has 1 fully saturated rings. The first-order valence-electron chi connectivity index (χ1n) is 7.57. The van der Waals surface area contributed by atoms with Crippen molar-refractivity contribution < 1.29 is 9.47 Å². The molecular formula is C16H26IN3O2. The van der Waals surface area contributed by atoms with Gasteiger partial charge in [0.25, 0.3) is 0 Å². The lowest BCUT2D eigenvalue weighted by Crippen LogP contribution is -2.40. The molecule has 1 aliphatic rings. The van der Waals surface area contributed by atoms with E-state index in [0.717, 1.165) is 18.3 Å². The average molecular weight is 419 g/mol. The molecule has 1 saturated carbocycles. The minimum Gasteiger partial charge on any atom is -0.494 e. The summed E-state index contributed by atoms with van der Waals surface area (Å²) in [5.41, 5.74) is 1.17. The van der Waals surface area contributed by atoms with Crippen LogP contribution in [0.2, 0.25) is 0 Å². The minimum atomic E-state index is 0. The molecule has 0 aromatic heterocycles. The van der Waals surface area contributed by atoms with E-state index in [9.17, 15) is 0 Å². The van der Waals surface area contributed by atoms with Gasteiger partial charge in [-0.2, -0.15) is 0 Å². The van der Waals surface area contributed by atoms with Crippen molar-refractivity contribution in [3.63, 3.8) is 0 Å². The first-order chi connectivity index (χ1) is 10.3. The molecular weight excluding hydrogens is 393 g/mol. The van der Waals surface area contributed by atoms with Gasteiger partial charge in [0, 0.05) is 19.7 Å². The number of benzene rings is 1. The first kappa shape index (κ1) is 19.0. The van der Waals surface area contributed by atoms with Crippen LogP contribution in [0.15, 0.2) is 29.3 Å². The number of nitrogens with one attached hydrogen (secondary N) is 2. The number of rotatable bonds is 8. The average Bonchev–Trinajstić information content (AvgIpc) is 3.31. The maximum absolute atomic E-state index is 5.44. The smallest absolute Gasteiger partial charge is 0.191 e. The van der Waals surface area contributed by atoms with Crippen molar-refractivity contribution >= 4 is 29.9 Å². The molecule has 6 heteroatoms. The molecule has 0 aliphatic heterocycles. The zero-order chi connectivity index (χ0) is 14.9. The Morgan fingerprint density at radius 3 is 2.59 bits per heavy atom. The third kappa shape index (κ3) is 7.31. The molecule has 0 spiro atoms. The molecule has 0 amide bonds. The van der Waals surface area contributed by atoms with Crippen molar-refractivity contribution in [2.75, 3.05) is 26.9 Å². The SMILES string of the molecule is CCOc1ccc(CN=C(NCCOC)NC2CC2)cc1.I. The van der Waals surface area contributed by atoms with E-state index in [1.807, 2.05) is 19.1 Å². The number of hydrogen-bond donors (Lipinski definition) is 2. The monoisotopic (exact) mass is 419 g/mol. The molecule has 1 aromatic carbocycles. The number of hydrogen-bond acceptors (Lipinski definition) is 3. The van der Waals surface area contributed by atoms with E-state index in [1.54, 1.807) is 7.11 Å². The molecule has 0 unspecified atom stereocenters. The third-order valence-electron chi connectivity index (χ3n) is 3.17. The molecule has 0 atom stereocenters. The van der Waals surface area contributed by atoms with Crippen LogP contribution >= 0.6 is 24.0 Å². The Hall–Kier alpha value is -1.02. The van der Waals surface area contributed by atoms with E-state index in [0.29, 0.717) is 25.8 Å². The van der Waals surface area contributed by atoms with Crippen LogP contribution < -0.4 is 15.4 Å². The zero-order valence-electron chi connectivity index (χ0n) is 13.3. The first-order valence-corrected chi connectivity index (χ1v) is 7.57. The van der Waals surface area contributed by atoms with Gasteiger partial charge < -0.3 is 20.1 Å². The van der Waals surface area contributed by atoms with Gasteiger partial charge in [-0.15, -0.1) is 24.0 Å². The summed E-state index contributed by atoms with van der Waals surface area (Å²) in [5.74, 6) is 1.77. The highest BCUT2D eigenvalue weighted by Gasteiger charge is 2.22. The summed E-state index contributed by atoms with van der Waals surface area (Å²) in [4.78, 5) is 4.62. The van der Waals surface area contributed by atoms with Crippen molar-refractivity contribution in [3.05, 3.63) is 29.8 Å². The quantitative estimate of drug-likeness (QED) is 0.294. The van der Waals surface area contributed by atoms with Crippen LogP contribution in [0, 0.1) is 0 Å². The van der Waals surface area contributed by atoms with Crippen LogP contribution in [0.1, 0.15) is 25.3 Å². The van der Waals surface area contributed by atoms with Crippen LogP contribution in [0.25, 0.3) is 0 Å². The predicted molar refractivity (Wildman–Crippen MR) is 100 cm³/mol. The lowest BCUT2D eigenvalue weighted by Gasteiger charge is -2.11.